The highest BCUT2D eigenvalue weighted by Crippen LogP contribution is 2.42. The molecule has 0 radical (unpaired) electrons. The summed E-state index contributed by atoms with van der Waals surface area (Å²) in [5.74, 6) is 0. The molecule has 2 aromatic carbocycles. The number of rotatable bonds is 1. The maximum Gasteiger partial charge on any atom is 0.419 e. The molecule has 2 aromatic rings. The molecule has 1 aliphatic rings. The molecule has 0 fully saturated rings. The number of nitriles is 1. The van der Waals surface area contributed by atoms with Crippen molar-refractivity contribution < 1.29 is 9.53 Å². The molecule has 5 heteroatoms. The lowest BCUT2D eigenvalue weighted by atomic mass is 9.94. The van der Waals surface area contributed by atoms with Crippen molar-refractivity contribution in [2.45, 2.75) is 19.4 Å². The Morgan fingerprint density at radius 2 is 1.95 bits per heavy atom. The Kier molecular flexibility index (Phi) is 3.31. The fraction of sp³-hybridized carbons (Fsp3) is 0.176. The molecule has 1 aliphatic heterocycles. The van der Waals surface area contributed by atoms with Gasteiger partial charge in [-0.2, -0.15) is 5.26 Å². The van der Waals surface area contributed by atoms with E-state index in [1.807, 2.05) is 44.2 Å². The van der Waals surface area contributed by atoms with Crippen LogP contribution < -0.4 is 4.90 Å². The second-order valence-electron chi connectivity index (χ2n) is 5.54. The molecule has 0 N–H and O–H groups in total. The maximum atomic E-state index is 12.5. The first kappa shape index (κ1) is 14.4. The molecule has 22 heavy (non-hydrogen) atoms. The summed E-state index contributed by atoms with van der Waals surface area (Å²) in [5.41, 5.74) is 1.82. The summed E-state index contributed by atoms with van der Waals surface area (Å²) in [6.45, 7) is 3.69. The predicted octanol–water partition coefficient (Wildman–Crippen LogP) is 4.74. The molecular weight excluding hydrogens is 300 g/mol. The number of carbonyl (C=O) groups excluding carboxylic acids is 1. The van der Waals surface area contributed by atoms with Crippen LogP contribution in [0.15, 0.2) is 42.5 Å². The van der Waals surface area contributed by atoms with Crippen LogP contribution in [0.25, 0.3) is 0 Å². The highest BCUT2D eigenvalue weighted by Gasteiger charge is 2.38. The third-order valence-corrected chi connectivity index (χ3v) is 3.81. The van der Waals surface area contributed by atoms with E-state index in [0.717, 1.165) is 11.3 Å². The van der Waals surface area contributed by atoms with Gasteiger partial charge < -0.3 is 4.74 Å². The molecule has 0 unspecified atom stereocenters. The van der Waals surface area contributed by atoms with E-state index in [4.69, 9.17) is 21.6 Å². The largest absolute Gasteiger partial charge is 0.438 e. The molecule has 4 nitrogen and oxygen atoms in total. The Labute approximate surface area is 133 Å². The molecule has 110 valence electrons. The highest BCUT2D eigenvalue weighted by atomic mass is 35.5. The second-order valence-corrected chi connectivity index (χ2v) is 5.98. The van der Waals surface area contributed by atoms with Crippen molar-refractivity contribution in [3.8, 4) is 6.07 Å². The Hall–Kier alpha value is -2.51. The quantitative estimate of drug-likeness (QED) is 0.764. The molecule has 0 aliphatic carbocycles. The van der Waals surface area contributed by atoms with E-state index >= 15 is 0 Å². The molecule has 0 bridgehead atoms. The molecule has 1 amide bonds. The molecule has 0 saturated heterocycles. The van der Waals surface area contributed by atoms with Crippen molar-refractivity contribution in [1.29, 1.82) is 5.26 Å². The molecular formula is C17H13ClN2O2. The number of hydrogen-bond acceptors (Lipinski definition) is 3. The molecule has 0 saturated carbocycles. The van der Waals surface area contributed by atoms with Gasteiger partial charge in [0.25, 0.3) is 0 Å². The van der Waals surface area contributed by atoms with Crippen molar-refractivity contribution >= 4 is 29.1 Å². The van der Waals surface area contributed by atoms with Gasteiger partial charge in [0.2, 0.25) is 0 Å². The number of anilines is 2. The molecule has 3 rings (SSSR count). The average molecular weight is 313 g/mol. The van der Waals surface area contributed by atoms with Gasteiger partial charge in [0.15, 0.2) is 0 Å². The van der Waals surface area contributed by atoms with E-state index < -0.39 is 11.7 Å². The van der Waals surface area contributed by atoms with Gasteiger partial charge in [0, 0.05) is 10.6 Å². The van der Waals surface area contributed by atoms with Crippen LogP contribution in [0.2, 0.25) is 5.02 Å². The fourth-order valence-electron chi connectivity index (χ4n) is 2.61. The molecule has 0 atom stereocenters. The molecule has 0 spiro atoms. The van der Waals surface area contributed by atoms with Crippen molar-refractivity contribution in [3.05, 3.63) is 58.6 Å². The zero-order valence-corrected chi connectivity index (χ0v) is 12.9. The van der Waals surface area contributed by atoms with Gasteiger partial charge in [-0.25, -0.2) is 9.69 Å². The van der Waals surface area contributed by atoms with Gasteiger partial charge in [-0.3, -0.25) is 0 Å². The minimum absolute atomic E-state index is 0.387. The number of cyclic esters (lactones) is 1. The van der Waals surface area contributed by atoms with E-state index in [1.165, 1.54) is 4.90 Å². The normalized spacial score (nSPS) is 15.7. The van der Waals surface area contributed by atoms with Crippen LogP contribution in [0.5, 0.6) is 0 Å². The van der Waals surface area contributed by atoms with Crippen LogP contribution in [-0.2, 0) is 10.3 Å². The van der Waals surface area contributed by atoms with E-state index in [9.17, 15) is 4.79 Å². The first-order valence-corrected chi connectivity index (χ1v) is 7.13. The topological polar surface area (TPSA) is 53.3 Å². The first-order valence-electron chi connectivity index (χ1n) is 6.76. The van der Waals surface area contributed by atoms with Crippen LogP contribution in [-0.4, -0.2) is 6.09 Å². The summed E-state index contributed by atoms with van der Waals surface area (Å²) in [5, 5.41) is 9.48. The van der Waals surface area contributed by atoms with Crippen molar-refractivity contribution in [1.82, 2.24) is 0 Å². The van der Waals surface area contributed by atoms with Gasteiger partial charge in [-0.1, -0.05) is 29.8 Å². The van der Waals surface area contributed by atoms with Crippen molar-refractivity contribution in [2.75, 3.05) is 4.90 Å². The number of fused-ring (bicyclic) bond motifs is 1. The average Bonchev–Trinajstić information content (AvgIpc) is 2.46. The summed E-state index contributed by atoms with van der Waals surface area (Å²) >= 11 is 6.05. The zero-order chi connectivity index (χ0) is 15.9. The Balaban J connectivity index is 2.21. The van der Waals surface area contributed by atoms with Gasteiger partial charge in [0.05, 0.1) is 23.0 Å². The number of amides is 1. The Bertz CT molecular complexity index is 809. The summed E-state index contributed by atoms with van der Waals surface area (Å²) < 4.78 is 5.54. The monoisotopic (exact) mass is 312 g/mol. The third-order valence-electron chi connectivity index (χ3n) is 3.59. The minimum Gasteiger partial charge on any atom is -0.438 e. The van der Waals surface area contributed by atoms with E-state index in [0.29, 0.717) is 16.3 Å². The Morgan fingerprint density at radius 1 is 1.23 bits per heavy atom. The summed E-state index contributed by atoms with van der Waals surface area (Å²) in [6.07, 6.45) is -0.491. The smallest absolute Gasteiger partial charge is 0.419 e. The van der Waals surface area contributed by atoms with Gasteiger partial charge in [-0.05, 0) is 38.1 Å². The standard InChI is InChI=1S/C17H13ClN2O2/c1-17(2)14-5-3-4-6-15(14)20(16(21)22-17)13-8-11(10-19)7-12(18)9-13/h3-9H,1-2H3. The summed E-state index contributed by atoms with van der Waals surface area (Å²) in [4.78, 5) is 13.9. The van der Waals surface area contributed by atoms with Crippen molar-refractivity contribution in [3.63, 3.8) is 0 Å². The van der Waals surface area contributed by atoms with Gasteiger partial charge in [-0.15, -0.1) is 0 Å². The van der Waals surface area contributed by atoms with Crippen LogP contribution in [0.3, 0.4) is 0 Å². The molecule has 1 heterocycles. The number of carbonyl (C=O) groups is 1. The fourth-order valence-corrected chi connectivity index (χ4v) is 2.84. The SMILES string of the molecule is CC1(C)OC(=O)N(c2cc(Cl)cc(C#N)c2)c2ccccc21. The predicted molar refractivity (Wildman–Crippen MR) is 84.3 cm³/mol. The van der Waals surface area contributed by atoms with Gasteiger partial charge >= 0.3 is 6.09 Å². The van der Waals surface area contributed by atoms with Crippen LogP contribution in [0, 0.1) is 11.3 Å². The number of halogens is 1. The first-order chi connectivity index (χ1) is 10.4. The van der Waals surface area contributed by atoms with Gasteiger partial charge in [0.1, 0.15) is 5.60 Å². The number of para-hydroxylation sites is 1. The Morgan fingerprint density at radius 3 is 2.68 bits per heavy atom. The van der Waals surface area contributed by atoms with Crippen LogP contribution in [0.4, 0.5) is 16.2 Å². The number of benzene rings is 2. The zero-order valence-electron chi connectivity index (χ0n) is 12.1. The maximum absolute atomic E-state index is 12.5. The lowest BCUT2D eigenvalue weighted by molar-refractivity contribution is 0.0374. The van der Waals surface area contributed by atoms with Crippen LogP contribution >= 0.6 is 11.6 Å². The lowest BCUT2D eigenvalue weighted by Gasteiger charge is -2.38. The highest BCUT2D eigenvalue weighted by molar-refractivity contribution is 6.31. The van der Waals surface area contributed by atoms with E-state index in [2.05, 4.69) is 0 Å². The minimum atomic E-state index is -0.708. The number of ether oxygens (including phenoxy) is 1. The number of hydrogen-bond donors (Lipinski definition) is 0. The van der Waals surface area contributed by atoms with E-state index in [1.54, 1.807) is 18.2 Å². The molecule has 0 aromatic heterocycles. The lowest BCUT2D eigenvalue weighted by Crippen LogP contribution is -2.40. The third kappa shape index (κ3) is 2.30. The summed E-state index contributed by atoms with van der Waals surface area (Å²) in [7, 11) is 0. The van der Waals surface area contributed by atoms with Crippen LogP contribution in [0.1, 0.15) is 25.0 Å². The van der Waals surface area contributed by atoms with Crippen molar-refractivity contribution in [2.24, 2.45) is 0 Å². The van der Waals surface area contributed by atoms with E-state index in [-0.39, 0.29) is 0 Å². The summed E-state index contributed by atoms with van der Waals surface area (Å²) in [6, 6.07) is 14.4. The second kappa shape index (κ2) is 5.04. The number of nitrogens with zero attached hydrogens (tertiary/aromatic N) is 2.